The molecular weight excluding hydrogens is 236 g/mol. The maximum atomic E-state index is 12.0. The number of aromatic nitrogens is 2. The number of carbonyl (C=O) groups excluding carboxylic acids is 1. The van der Waals surface area contributed by atoms with Crippen molar-refractivity contribution in [3.05, 3.63) is 11.7 Å². The average Bonchev–Trinajstić information content (AvgIpc) is 2.76. The lowest BCUT2D eigenvalue weighted by Gasteiger charge is -2.31. The fourth-order valence-corrected chi connectivity index (χ4v) is 1.87. The molecule has 7 heteroatoms. The van der Waals surface area contributed by atoms with Gasteiger partial charge < -0.3 is 20.3 Å². The highest BCUT2D eigenvalue weighted by atomic mass is 16.5. The van der Waals surface area contributed by atoms with Crippen LogP contribution >= 0.6 is 0 Å². The normalized spacial score (nSPS) is 18.6. The minimum atomic E-state index is -0.800. The lowest BCUT2D eigenvalue weighted by atomic mass is 9.90. The van der Waals surface area contributed by atoms with E-state index in [-0.39, 0.29) is 5.91 Å². The first-order valence-electron chi connectivity index (χ1n) is 6.04. The quantitative estimate of drug-likeness (QED) is 0.754. The van der Waals surface area contributed by atoms with Crippen LogP contribution in [0.15, 0.2) is 4.52 Å². The molecule has 0 aliphatic carbocycles. The van der Waals surface area contributed by atoms with Gasteiger partial charge in [0.25, 0.3) is 0 Å². The zero-order valence-electron chi connectivity index (χ0n) is 10.4. The number of nitrogens with zero attached hydrogens (tertiary/aromatic N) is 2. The third-order valence-corrected chi connectivity index (χ3v) is 3.04. The van der Waals surface area contributed by atoms with Gasteiger partial charge in [-0.3, -0.25) is 4.79 Å². The van der Waals surface area contributed by atoms with Gasteiger partial charge >= 0.3 is 0 Å². The lowest BCUT2D eigenvalue weighted by molar-refractivity contribution is -0.129. The van der Waals surface area contributed by atoms with Crippen LogP contribution in [-0.4, -0.2) is 41.3 Å². The molecule has 1 fully saturated rings. The van der Waals surface area contributed by atoms with Crippen LogP contribution in [0.25, 0.3) is 0 Å². The summed E-state index contributed by atoms with van der Waals surface area (Å²) in [6, 6.07) is 0. The molecule has 0 aromatic carbocycles. The predicted molar refractivity (Wildman–Crippen MR) is 62.7 cm³/mol. The summed E-state index contributed by atoms with van der Waals surface area (Å²) in [6.07, 6.45) is 1.65. The third-order valence-electron chi connectivity index (χ3n) is 3.04. The number of aryl methyl sites for hydroxylation is 1. The molecule has 0 saturated carbocycles. The number of carbonyl (C=O) groups is 1. The third kappa shape index (κ3) is 3.05. The van der Waals surface area contributed by atoms with Crippen molar-refractivity contribution in [2.24, 2.45) is 5.73 Å². The van der Waals surface area contributed by atoms with Crippen molar-refractivity contribution in [3.8, 4) is 0 Å². The highest BCUT2D eigenvalue weighted by Gasteiger charge is 2.35. The van der Waals surface area contributed by atoms with Gasteiger partial charge in [0.15, 0.2) is 5.82 Å². The Morgan fingerprint density at radius 3 is 2.83 bits per heavy atom. The first-order valence-corrected chi connectivity index (χ1v) is 6.04. The van der Waals surface area contributed by atoms with E-state index in [2.05, 4.69) is 15.5 Å². The predicted octanol–water partition coefficient (Wildman–Crippen LogP) is -0.455. The summed E-state index contributed by atoms with van der Waals surface area (Å²) in [4.78, 5) is 16.0. The monoisotopic (exact) mass is 254 g/mol. The second-order valence-electron chi connectivity index (χ2n) is 4.50. The summed E-state index contributed by atoms with van der Waals surface area (Å²) >= 11 is 0. The standard InChI is InChI=1S/C11H18N4O3/c1-8-14-9(15-18-8)2-5-13-10(16)11(12)3-6-17-7-4-11/h2-7,12H2,1H3,(H,13,16). The smallest absolute Gasteiger partial charge is 0.240 e. The van der Waals surface area contributed by atoms with E-state index in [1.807, 2.05) is 0 Å². The Bertz CT molecular complexity index is 412. The summed E-state index contributed by atoms with van der Waals surface area (Å²) in [5.41, 5.74) is 5.24. The van der Waals surface area contributed by atoms with Crippen LogP contribution in [0, 0.1) is 6.92 Å². The molecule has 3 N–H and O–H groups in total. The van der Waals surface area contributed by atoms with Crippen molar-refractivity contribution < 1.29 is 14.1 Å². The Morgan fingerprint density at radius 1 is 1.50 bits per heavy atom. The van der Waals surface area contributed by atoms with E-state index in [1.54, 1.807) is 6.92 Å². The van der Waals surface area contributed by atoms with Crippen LogP contribution < -0.4 is 11.1 Å². The molecule has 18 heavy (non-hydrogen) atoms. The molecule has 0 radical (unpaired) electrons. The molecule has 0 unspecified atom stereocenters. The van der Waals surface area contributed by atoms with E-state index in [9.17, 15) is 4.79 Å². The Morgan fingerprint density at radius 2 is 2.22 bits per heavy atom. The highest BCUT2D eigenvalue weighted by molar-refractivity contribution is 5.86. The van der Waals surface area contributed by atoms with E-state index in [1.165, 1.54) is 0 Å². The van der Waals surface area contributed by atoms with Crippen LogP contribution in [0.3, 0.4) is 0 Å². The van der Waals surface area contributed by atoms with Crippen LogP contribution in [0.1, 0.15) is 24.6 Å². The van der Waals surface area contributed by atoms with Crippen LogP contribution in [0.4, 0.5) is 0 Å². The summed E-state index contributed by atoms with van der Waals surface area (Å²) < 4.78 is 10.0. The summed E-state index contributed by atoms with van der Waals surface area (Å²) in [6.45, 7) is 3.26. The molecule has 1 aromatic heterocycles. The molecule has 7 nitrogen and oxygen atoms in total. The van der Waals surface area contributed by atoms with Gasteiger partial charge in [-0.15, -0.1) is 0 Å². The van der Waals surface area contributed by atoms with Crippen molar-refractivity contribution in [1.29, 1.82) is 0 Å². The van der Waals surface area contributed by atoms with Gasteiger partial charge in [-0.05, 0) is 12.8 Å². The molecule has 1 saturated heterocycles. The zero-order chi connectivity index (χ0) is 13.0. The second kappa shape index (κ2) is 5.45. The Kier molecular flexibility index (Phi) is 3.93. The second-order valence-corrected chi connectivity index (χ2v) is 4.50. The molecular formula is C11H18N4O3. The maximum Gasteiger partial charge on any atom is 0.240 e. The van der Waals surface area contributed by atoms with Crippen molar-refractivity contribution >= 4 is 5.91 Å². The van der Waals surface area contributed by atoms with Crippen molar-refractivity contribution in [2.75, 3.05) is 19.8 Å². The Hall–Kier alpha value is -1.47. The van der Waals surface area contributed by atoms with Gasteiger partial charge in [0.1, 0.15) is 0 Å². The SMILES string of the molecule is Cc1nc(CCNC(=O)C2(N)CCOCC2)no1. The number of amides is 1. The minimum absolute atomic E-state index is 0.133. The van der Waals surface area contributed by atoms with Gasteiger partial charge in [-0.1, -0.05) is 5.16 Å². The summed E-state index contributed by atoms with van der Waals surface area (Å²) in [7, 11) is 0. The van der Waals surface area contributed by atoms with Gasteiger partial charge in [-0.25, -0.2) is 0 Å². The summed E-state index contributed by atoms with van der Waals surface area (Å²) in [5.74, 6) is 0.980. The largest absolute Gasteiger partial charge is 0.381 e. The van der Waals surface area contributed by atoms with Gasteiger partial charge in [0, 0.05) is 33.1 Å². The number of hydrogen-bond donors (Lipinski definition) is 2. The molecule has 1 amide bonds. The highest BCUT2D eigenvalue weighted by Crippen LogP contribution is 2.17. The van der Waals surface area contributed by atoms with Crippen LogP contribution in [-0.2, 0) is 16.0 Å². The molecule has 0 bridgehead atoms. The molecule has 1 aromatic rings. The van der Waals surface area contributed by atoms with E-state index in [0.717, 1.165) is 0 Å². The number of nitrogens with two attached hydrogens (primary N) is 1. The molecule has 100 valence electrons. The maximum absolute atomic E-state index is 12.0. The molecule has 0 spiro atoms. The van der Waals surface area contributed by atoms with E-state index >= 15 is 0 Å². The number of hydrogen-bond acceptors (Lipinski definition) is 6. The van der Waals surface area contributed by atoms with E-state index < -0.39 is 5.54 Å². The minimum Gasteiger partial charge on any atom is -0.381 e. The Labute approximate surface area is 105 Å². The first-order chi connectivity index (χ1) is 8.60. The van der Waals surface area contributed by atoms with Crippen LogP contribution in [0.2, 0.25) is 0 Å². The van der Waals surface area contributed by atoms with Gasteiger partial charge in [-0.2, -0.15) is 4.98 Å². The first kappa shape index (κ1) is 13.0. The number of nitrogens with one attached hydrogen (secondary N) is 1. The Balaban J connectivity index is 1.77. The van der Waals surface area contributed by atoms with E-state index in [4.69, 9.17) is 15.0 Å². The summed E-state index contributed by atoms with van der Waals surface area (Å²) in [5, 5.41) is 6.56. The van der Waals surface area contributed by atoms with Gasteiger partial charge in [0.2, 0.25) is 11.8 Å². The lowest BCUT2D eigenvalue weighted by Crippen LogP contribution is -2.57. The zero-order valence-corrected chi connectivity index (χ0v) is 10.4. The molecule has 1 aliphatic heterocycles. The molecule has 2 heterocycles. The fourth-order valence-electron chi connectivity index (χ4n) is 1.87. The average molecular weight is 254 g/mol. The molecule has 2 rings (SSSR count). The van der Waals surface area contributed by atoms with Crippen LogP contribution in [0.5, 0.6) is 0 Å². The number of rotatable bonds is 4. The van der Waals surface area contributed by atoms with Crippen molar-refractivity contribution in [2.45, 2.75) is 31.7 Å². The topological polar surface area (TPSA) is 103 Å². The molecule has 1 aliphatic rings. The number of ether oxygens (including phenoxy) is 1. The van der Waals surface area contributed by atoms with Crippen molar-refractivity contribution in [1.82, 2.24) is 15.5 Å². The van der Waals surface area contributed by atoms with E-state index in [0.29, 0.717) is 50.7 Å². The molecule has 0 atom stereocenters. The van der Waals surface area contributed by atoms with Gasteiger partial charge in [0.05, 0.1) is 5.54 Å². The van der Waals surface area contributed by atoms with Crippen molar-refractivity contribution in [3.63, 3.8) is 0 Å². The fraction of sp³-hybridized carbons (Fsp3) is 0.727.